The Kier molecular flexibility index (Phi) is 9.07. The van der Waals surface area contributed by atoms with E-state index in [2.05, 4.69) is 40.3 Å². The molecule has 2 heterocycles. The van der Waals surface area contributed by atoms with Crippen molar-refractivity contribution in [3.63, 3.8) is 0 Å². The highest BCUT2D eigenvalue weighted by Gasteiger charge is 2.11. The normalized spacial score (nSPS) is 13.9. The molecule has 0 amide bonds. The van der Waals surface area contributed by atoms with E-state index in [0.717, 1.165) is 0 Å². The van der Waals surface area contributed by atoms with Crippen molar-refractivity contribution in [2.75, 3.05) is 19.6 Å². The summed E-state index contributed by atoms with van der Waals surface area (Å²) in [4.78, 5) is 15.3. The molecular formula is C19H30N2O2. The molecule has 4 nitrogen and oxygen atoms in total. The molecule has 23 heavy (non-hydrogen) atoms. The van der Waals surface area contributed by atoms with Crippen molar-refractivity contribution in [2.45, 2.75) is 46.5 Å². The first kappa shape index (κ1) is 19.2. The Bertz CT molecular complexity index is 572. The maximum Gasteiger partial charge on any atom is 0.303 e. The highest BCUT2D eigenvalue weighted by Crippen LogP contribution is 2.19. The minimum absolute atomic E-state index is 0.222. The number of rotatable bonds is 4. The molecule has 1 aromatic heterocycles. The maximum atomic E-state index is 9.37. The first-order valence-electron chi connectivity index (χ1n) is 8.70. The molecular weight excluding hydrogens is 288 g/mol. The molecule has 0 bridgehead atoms. The molecule has 1 fully saturated rings. The molecule has 0 unspecified atom stereocenters. The molecule has 0 saturated carbocycles. The van der Waals surface area contributed by atoms with E-state index in [1.54, 1.807) is 6.92 Å². The number of likely N-dealkylation sites (tertiary alicyclic amines) is 1. The molecule has 3 rings (SSSR count). The number of hydrogen-bond donors (Lipinski definition) is 2. The number of fused-ring (bicyclic) bond motifs is 1. The average molecular weight is 318 g/mol. The number of aliphatic carboxylic acids is 1. The topological polar surface area (TPSA) is 56.3 Å². The number of aromatic nitrogens is 1. The second-order valence-corrected chi connectivity index (χ2v) is 5.41. The summed E-state index contributed by atoms with van der Waals surface area (Å²) in [6.07, 6.45) is 6.33. The van der Waals surface area contributed by atoms with Gasteiger partial charge in [-0.2, -0.15) is 0 Å². The van der Waals surface area contributed by atoms with Crippen LogP contribution in [0.1, 0.15) is 45.6 Å². The van der Waals surface area contributed by atoms with Crippen LogP contribution in [0.2, 0.25) is 0 Å². The van der Waals surface area contributed by atoms with Crippen molar-refractivity contribution in [3.8, 4) is 0 Å². The maximum absolute atomic E-state index is 9.37. The van der Waals surface area contributed by atoms with Gasteiger partial charge < -0.3 is 15.0 Å². The third kappa shape index (κ3) is 6.45. The predicted molar refractivity (Wildman–Crippen MR) is 97.0 cm³/mol. The Morgan fingerprint density at radius 3 is 2.43 bits per heavy atom. The number of benzene rings is 1. The smallest absolute Gasteiger partial charge is 0.303 e. The van der Waals surface area contributed by atoms with Gasteiger partial charge in [-0.3, -0.25) is 4.79 Å². The summed E-state index contributed by atoms with van der Waals surface area (Å²) in [5, 5.41) is 9.11. The van der Waals surface area contributed by atoms with E-state index in [1.165, 1.54) is 55.4 Å². The SMILES string of the molecule is CC.CCC(=O)O.c1ccc2c(CCN3CCCC3)c[nH]c2c1. The van der Waals surface area contributed by atoms with Crippen LogP contribution < -0.4 is 0 Å². The molecule has 2 aromatic rings. The molecule has 1 saturated heterocycles. The van der Waals surface area contributed by atoms with E-state index in [0.29, 0.717) is 0 Å². The summed E-state index contributed by atoms with van der Waals surface area (Å²) in [7, 11) is 0. The summed E-state index contributed by atoms with van der Waals surface area (Å²) >= 11 is 0. The van der Waals surface area contributed by atoms with Gasteiger partial charge in [-0.15, -0.1) is 0 Å². The lowest BCUT2D eigenvalue weighted by atomic mass is 10.1. The molecule has 0 atom stereocenters. The van der Waals surface area contributed by atoms with Gasteiger partial charge in [0.2, 0.25) is 0 Å². The fraction of sp³-hybridized carbons (Fsp3) is 0.526. The van der Waals surface area contributed by atoms with Crippen LogP contribution in [-0.4, -0.2) is 40.6 Å². The lowest BCUT2D eigenvalue weighted by Crippen LogP contribution is -2.21. The minimum Gasteiger partial charge on any atom is -0.481 e. The van der Waals surface area contributed by atoms with Gasteiger partial charge in [0.1, 0.15) is 0 Å². The van der Waals surface area contributed by atoms with Crippen molar-refractivity contribution in [3.05, 3.63) is 36.0 Å². The van der Waals surface area contributed by atoms with Gasteiger partial charge >= 0.3 is 5.97 Å². The summed E-state index contributed by atoms with van der Waals surface area (Å²) in [6.45, 7) is 9.40. The van der Waals surface area contributed by atoms with Gasteiger partial charge in [-0.1, -0.05) is 39.0 Å². The van der Waals surface area contributed by atoms with Crippen LogP contribution in [0.25, 0.3) is 10.9 Å². The summed E-state index contributed by atoms with van der Waals surface area (Å²) in [6, 6.07) is 8.57. The van der Waals surface area contributed by atoms with Crippen molar-refractivity contribution in [1.29, 1.82) is 0 Å². The average Bonchev–Trinajstić information content (AvgIpc) is 3.25. The van der Waals surface area contributed by atoms with Gasteiger partial charge in [0, 0.05) is 30.1 Å². The van der Waals surface area contributed by atoms with Gasteiger partial charge in [0.25, 0.3) is 0 Å². The number of nitrogens with zero attached hydrogens (tertiary/aromatic N) is 1. The summed E-state index contributed by atoms with van der Waals surface area (Å²) < 4.78 is 0. The van der Waals surface area contributed by atoms with E-state index in [1.807, 2.05) is 13.8 Å². The monoisotopic (exact) mass is 318 g/mol. The number of aromatic amines is 1. The quantitative estimate of drug-likeness (QED) is 0.883. The van der Waals surface area contributed by atoms with Crippen molar-refractivity contribution < 1.29 is 9.90 Å². The number of carboxylic acids is 1. The fourth-order valence-corrected chi connectivity index (χ4v) is 2.62. The van der Waals surface area contributed by atoms with Crippen LogP contribution in [0.4, 0.5) is 0 Å². The van der Waals surface area contributed by atoms with Crippen LogP contribution in [0.15, 0.2) is 30.5 Å². The molecule has 4 heteroatoms. The molecule has 0 aliphatic carbocycles. The Morgan fingerprint density at radius 2 is 1.83 bits per heavy atom. The van der Waals surface area contributed by atoms with E-state index < -0.39 is 5.97 Å². The second kappa shape index (κ2) is 10.8. The molecule has 2 N–H and O–H groups in total. The highest BCUT2D eigenvalue weighted by molar-refractivity contribution is 5.83. The number of carbonyl (C=O) groups is 1. The van der Waals surface area contributed by atoms with Gasteiger partial charge in [0.15, 0.2) is 0 Å². The third-order valence-electron chi connectivity index (χ3n) is 3.87. The van der Waals surface area contributed by atoms with E-state index in [-0.39, 0.29) is 6.42 Å². The van der Waals surface area contributed by atoms with Crippen LogP contribution in [0.3, 0.4) is 0 Å². The lowest BCUT2D eigenvalue weighted by molar-refractivity contribution is -0.136. The van der Waals surface area contributed by atoms with E-state index in [4.69, 9.17) is 5.11 Å². The molecule has 0 spiro atoms. The molecule has 128 valence electrons. The number of para-hydroxylation sites is 1. The van der Waals surface area contributed by atoms with Crippen LogP contribution >= 0.6 is 0 Å². The van der Waals surface area contributed by atoms with Gasteiger partial charge in [0.05, 0.1) is 0 Å². The Labute approximate surface area is 139 Å². The largest absolute Gasteiger partial charge is 0.481 e. The number of hydrogen-bond acceptors (Lipinski definition) is 2. The molecule has 1 aliphatic rings. The Hall–Kier alpha value is -1.81. The summed E-state index contributed by atoms with van der Waals surface area (Å²) in [5.41, 5.74) is 2.72. The number of carboxylic acid groups (broad SMARTS) is 1. The third-order valence-corrected chi connectivity index (χ3v) is 3.87. The predicted octanol–water partition coefficient (Wildman–Crippen LogP) is 4.31. The van der Waals surface area contributed by atoms with Crippen molar-refractivity contribution >= 4 is 16.9 Å². The zero-order valence-corrected chi connectivity index (χ0v) is 14.6. The van der Waals surface area contributed by atoms with E-state index >= 15 is 0 Å². The molecule has 1 aromatic carbocycles. The second-order valence-electron chi connectivity index (χ2n) is 5.41. The van der Waals surface area contributed by atoms with Gasteiger partial charge in [-0.05, 0) is 44.0 Å². The van der Waals surface area contributed by atoms with E-state index in [9.17, 15) is 4.79 Å². The van der Waals surface area contributed by atoms with Crippen molar-refractivity contribution in [2.24, 2.45) is 0 Å². The first-order valence-corrected chi connectivity index (χ1v) is 8.70. The van der Waals surface area contributed by atoms with Crippen LogP contribution in [-0.2, 0) is 11.2 Å². The zero-order valence-electron chi connectivity index (χ0n) is 14.6. The lowest BCUT2D eigenvalue weighted by Gasteiger charge is -2.13. The first-order chi connectivity index (χ1) is 11.2. The summed E-state index contributed by atoms with van der Waals surface area (Å²) in [5.74, 6) is -0.745. The van der Waals surface area contributed by atoms with Crippen LogP contribution in [0, 0.1) is 0 Å². The number of H-pyrrole nitrogens is 1. The Balaban J connectivity index is 0.000000327. The van der Waals surface area contributed by atoms with Gasteiger partial charge in [-0.25, -0.2) is 0 Å². The fourth-order valence-electron chi connectivity index (χ4n) is 2.62. The minimum atomic E-state index is -0.745. The molecule has 1 aliphatic heterocycles. The molecule has 0 radical (unpaired) electrons. The zero-order chi connectivity index (χ0) is 17.1. The van der Waals surface area contributed by atoms with Crippen LogP contribution in [0.5, 0.6) is 0 Å². The Morgan fingerprint density at radius 1 is 1.22 bits per heavy atom. The standard InChI is InChI=1S/C14H18N2.C3H6O2.C2H6/c1-2-6-14-13(5-1)12(11-15-14)7-10-16-8-3-4-9-16;1-2-3(4)5;1-2/h1-2,5-6,11,15H,3-4,7-10H2;2H2,1H3,(H,4,5);1-2H3. The highest BCUT2D eigenvalue weighted by atomic mass is 16.4. The number of nitrogens with one attached hydrogen (secondary N) is 1. The van der Waals surface area contributed by atoms with Crippen molar-refractivity contribution in [1.82, 2.24) is 9.88 Å².